The van der Waals surface area contributed by atoms with Gasteiger partial charge in [0.2, 0.25) is 5.88 Å². The molecule has 0 spiro atoms. The Labute approximate surface area is 155 Å². The van der Waals surface area contributed by atoms with E-state index < -0.39 is 0 Å². The second-order valence-corrected chi connectivity index (χ2v) is 7.40. The normalized spacial score (nSPS) is 18.5. The Morgan fingerprint density at radius 1 is 1.19 bits per heavy atom. The van der Waals surface area contributed by atoms with Crippen molar-refractivity contribution in [3.05, 3.63) is 47.2 Å². The molecule has 0 radical (unpaired) electrons. The summed E-state index contributed by atoms with van der Waals surface area (Å²) in [6, 6.07) is 4.09. The summed E-state index contributed by atoms with van der Waals surface area (Å²) in [5.41, 5.74) is 3.68. The standard InChI is InChI=1S/C21H28N4O/c1-2-26-21-17(9-6-11-22-21)14-25-12-10-19-18(15-25)13-23-20(24-19)16-7-4-3-5-8-16/h6,9,11,13,16H,2-5,7-8,10,12,14-15H2,1H3. The summed E-state index contributed by atoms with van der Waals surface area (Å²) in [7, 11) is 0. The van der Waals surface area contributed by atoms with E-state index in [0.29, 0.717) is 12.5 Å². The molecule has 0 saturated heterocycles. The van der Waals surface area contributed by atoms with Gasteiger partial charge in [0.05, 0.1) is 6.61 Å². The van der Waals surface area contributed by atoms with Crippen molar-refractivity contribution in [1.82, 2.24) is 19.9 Å². The maximum Gasteiger partial charge on any atom is 0.217 e. The summed E-state index contributed by atoms with van der Waals surface area (Å²) in [5, 5.41) is 0. The van der Waals surface area contributed by atoms with E-state index in [4.69, 9.17) is 14.7 Å². The van der Waals surface area contributed by atoms with Gasteiger partial charge in [-0.2, -0.15) is 0 Å². The average molecular weight is 352 g/mol. The molecule has 3 heterocycles. The first kappa shape index (κ1) is 17.4. The van der Waals surface area contributed by atoms with Crippen LogP contribution in [0, 0.1) is 0 Å². The maximum atomic E-state index is 5.67. The molecule has 5 nitrogen and oxygen atoms in total. The van der Waals surface area contributed by atoms with Crippen LogP contribution in [0.1, 0.15) is 67.6 Å². The molecular formula is C21H28N4O. The first-order valence-corrected chi connectivity index (χ1v) is 9.97. The van der Waals surface area contributed by atoms with E-state index in [-0.39, 0.29) is 0 Å². The summed E-state index contributed by atoms with van der Waals surface area (Å²) in [6.07, 6.45) is 11.4. The van der Waals surface area contributed by atoms with Gasteiger partial charge >= 0.3 is 0 Å². The van der Waals surface area contributed by atoms with E-state index in [1.54, 1.807) is 6.20 Å². The van der Waals surface area contributed by atoms with E-state index in [9.17, 15) is 0 Å². The zero-order valence-corrected chi connectivity index (χ0v) is 15.7. The first-order chi connectivity index (χ1) is 12.8. The lowest BCUT2D eigenvalue weighted by Gasteiger charge is -2.29. The third-order valence-corrected chi connectivity index (χ3v) is 5.53. The molecule has 0 bridgehead atoms. The summed E-state index contributed by atoms with van der Waals surface area (Å²) < 4.78 is 5.67. The van der Waals surface area contributed by atoms with Crippen LogP contribution in [-0.2, 0) is 19.5 Å². The molecule has 0 unspecified atom stereocenters. The Morgan fingerprint density at radius 2 is 2.08 bits per heavy atom. The minimum absolute atomic E-state index is 0.580. The fourth-order valence-electron chi connectivity index (χ4n) is 4.13. The molecular weight excluding hydrogens is 324 g/mol. The molecule has 138 valence electrons. The third-order valence-electron chi connectivity index (χ3n) is 5.53. The quantitative estimate of drug-likeness (QED) is 0.817. The largest absolute Gasteiger partial charge is 0.478 e. The molecule has 0 aromatic carbocycles. The van der Waals surface area contributed by atoms with Crippen molar-refractivity contribution in [2.75, 3.05) is 13.2 Å². The molecule has 1 fully saturated rings. The number of ether oxygens (including phenoxy) is 1. The second kappa shape index (κ2) is 8.12. The third kappa shape index (κ3) is 3.88. The molecule has 1 aliphatic heterocycles. The highest BCUT2D eigenvalue weighted by molar-refractivity contribution is 5.27. The number of pyridine rings is 1. The number of rotatable bonds is 5. The highest BCUT2D eigenvalue weighted by atomic mass is 16.5. The van der Waals surface area contributed by atoms with Crippen LogP contribution in [0.25, 0.3) is 0 Å². The van der Waals surface area contributed by atoms with E-state index in [0.717, 1.165) is 43.3 Å². The summed E-state index contributed by atoms with van der Waals surface area (Å²) in [4.78, 5) is 16.5. The predicted molar refractivity (Wildman–Crippen MR) is 101 cm³/mol. The van der Waals surface area contributed by atoms with E-state index in [2.05, 4.69) is 22.1 Å². The molecule has 1 saturated carbocycles. The van der Waals surface area contributed by atoms with Gasteiger partial charge in [0.1, 0.15) is 5.82 Å². The van der Waals surface area contributed by atoms with Crippen molar-refractivity contribution in [2.24, 2.45) is 0 Å². The van der Waals surface area contributed by atoms with Crippen molar-refractivity contribution in [1.29, 1.82) is 0 Å². The van der Waals surface area contributed by atoms with Gasteiger partial charge in [0.25, 0.3) is 0 Å². The Hall–Kier alpha value is -2.01. The Balaban J connectivity index is 1.45. The molecule has 2 aliphatic rings. The molecule has 0 amide bonds. The van der Waals surface area contributed by atoms with Gasteiger partial charge < -0.3 is 4.74 Å². The molecule has 26 heavy (non-hydrogen) atoms. The van der Waals surface area contributed by atoms with Gasteiger partial charge in [0.15, 0.2) is 0 Å². The van der Waals surface area contributed by atoms with Crippen LogP contribution in [0.4, 0.5) is 0 Å². The average Bonchev–Trinajstić information content (AvgIpc) is 2.70. The van der Waals surface area contributed by atoms with Gasteiger partial charge in [0, 0.05) is 61.2 Å². The number of hydrogen-bond acceptors (Lipinski definition) is 5. The minimum Gasteiger partial charge on any atom is -0.478 e. The number of fused-ring (bicyclic) bond motifs is 1. The zero-order valence-electron chi connectivity index (χ0n) is 15.7. The summed E-state index contributed by atoms with van der Waals surface area (Å²) in [5.74, 6) is 2.42. The van der Waals surface area contributed by atoms with Gasteiger partial charge in [-0.3, -0.25) is 4.90 Å². The maximum absolute atomic E-state index is 5.67. The van der Waals surface area contributed by atoms with Gasteiger partial charge in [-0.05, 0) is 25.8 Å². The lowest BCUT2D eigenvalue weighted by molar-refractivity contribution is 0.234. The number of aromatic nitrogens is 3. The van der Waals surface area contributed by atoms with Crippen molar-refractivity contribution in [3.63, 3.8) is 0 Å². The SMILES string of the molecule is CCOc1ncccc1CN1CCc2nc(C3CCCCC3)ncc2C1. The van der Waals surface area contributed by atoms with Crippen LogP contribution >= 0.6 is 0 Å². The second-order valence-electron chi connectivity index (χ2n) is 7.40. The van der Waals surface area contributed by atoms with Crippen LogP contribution in [0.2, 0.25) is 0 Å². The topological polar surface area (TPSA) is 51.1 Å². The molecule has 0 N–H and O–H groups in total. The molecule has 0 atom stereocenters. The Morgan fingerprint density at radius 3 is 2.92 bits per heavy atom. The predicted octanol–water partition coefficient (Wildman–Crippen LogP) is 3.88. The molecule has 5 heteroatoms. The van der Waals surface area contributed by atoms with Gasteiger partial charge in [-0.15, -0.1) is 0 Å². The number of nitrogens with zero attached hydrogens (tertiary/aromatic N) is 4. The fourth-order valence-corrected chi connectivity index (χ4v) is 4.13. The van der Waals surface area contributed by atoms with Crippen LogP contribution in [-0.4, -0.2) is 33.0 Å². The lowest BCUT2D eigenvalue weighted by atomic mass is 9.88. The van der Waals surface area contributed by atoms with Crippen molar-refractivity contribution < 1.29 is 4.74 Å². The van der Waals surface area contributed by atoms with Gasteiger partial charge in [-0.25, -0.2) is 15.0 Å². The molecule has 1 aliphatic carbocycles. The van der Waals surface area contributed by atoms with E-state index in [1.165, 1.54) is 43.4 Å². The lowest BCUT2D eigenvalue weighted by Crippen LogP contribution is -2.31. The van der Waals surface area contributed by atoms with Crippen LogP contribution in [0.5, 0.6) is 5.88 Å². The zero-order chi connectivity index (χ0) is 17.8. The van der Waals surface area contributed by atoms with E-state index in [1.807, 2.05) is 13.0 Å². The Kier molecular flexibility index (Phi) is 5.44. The van der Waals surface area contributed by atoms with E-state index >= 15 is 0 Å². The first-order valence-electron chi connectivity index (χ1n) is 9.97. The van der Waals surface area contributed by atoms with Crippen molar-refractivity contribution in [2.45, 2.75) is 64.5 Å². The van der Waals surface area contributed by atoms with Gasteiger partial charge in [-0.1, -0.05) is 25.3 Å². The summed E-state index contributed by atoms with van der Waals surface area (Å²) in [6.45, 7) is 5.42. The summed E-state index contributed by atoms with van der Waals surface area (Å²) >= 11 is 0. The monoisotopic (exact) mass is 352 g/mol. The van der Waals surface area contributed by atoms with Crippen LogP contribution < -0.4 is 4.74 Å². The number of hydrogen-bond donors (Lipinski definition) is 0. The minimum atomic E-state index is 0.580. The van der Waals surface area contributed by atoms with Crippen LogP contribution in [0.15, 0.2) is 24.5 Å². The molecule has 4 rings (SSSR count). The smallest absolute Gasteiger partial charge is 0.217 e. The molecule has 2 aromatic rings. The van der Waals surface area contributed by atoms with Crippen molar-refractivity contribution in [3.8, 4) is 5.88 Å². The van der Waals surface area contributed by atoms with Crippen molar-refractivity contribution >= 4 is 0 Å². The molecule has 2 aromatic heterocycles. The fraction of sp³-hybridized carbons (Fsp3) is 0.571. The van der Waals surface area contributed by atoms with Crippen LogP contribution in [0.3, 0.4) is 0 Å². The highest BCUT2D eigenvalue weighted by Crippen LogP contribution is 2.31. The highest BCUT2D eigenvalue weighted by Gasteiger charge is 2.23. The Bertz CT molecular complexity index is 743.